The molecule has 0 radical (unpaired) electrons. The number of carbonyl (C=O) groups is 1. The van der Waals surface area contributed by atoms with Crippen LogP contribution in [0.2, 0.25) is 0 Å². The van der Waals surface area contributed by atoms with E-state index in [1.54, 1.807) is 12.4 Å². The number of hydrogen-bond donors (Lipinski definition) is 1. The van der Waals surface area contributed by atoms with E-state index in [1.165, 1.54) is 0 Å². The lowest BCUT2D eigenvalue weighted by Crippen LogP contribution is -2.36. The normalized spacial score (nSPS) is 18.0. The molecular weight excluding hydrogens is 268 g/mol. The van der Waals surface area contributed by atoms with E-state index in [1.807, 2.05) is 30.0 Å². The molecule has 6 heteroatoms. The summed E-state index contributed by atoms with van der Waals surface area (Å²) < 4.78 is 0. The van der Waals surface area contributed by atoms with Crippen LogP contribution in [0.15, 0.2) is 30.6 Å². The van der Waals surface area contributed by atoms with Gasteiger partial charge in [0.25, 0.3) is 0 Å². The van der Waals surface area contributed by atoms with Gasteiger partial charge in [-0.25, -0.2) is 14.8 Å². The first-order valence-corrected chi connectivity index (χ1v) is 6.90. The SMILES string of the molecule is Cc1cc(N2CCC[C@@H]2C(=O)O)nc(-c2cccnc2)n1. The molecule has 0 bridgehead atoms. The highest BCUT2D eigenvalue weighted by Gasteiger charge is 2.31. The van der Waals surface area contributed by atoms with Crippen molar-refractivity contribution in [1.29, 1.82) is 0 Å². The highest BCUT2D eigenvalue weighted by Crippen LogP contribution is 2.26. The van der Waals surface area contributed by atoms with Gasteiger partial charge in [0.2, 0.25) is 0 Å². The van der Waals surface area contributed by atoms with Crippen LogP contribution < -0.4 is 4.90 Å². The monoisotopic (exact) mass is 284 g/mol. The average molecular weight is 284 g/mol. The van der Waals surface area contributed by atoms with E-state index in [4.69, 9.17) is 0 Å². The Hall–Kier alpha value is -2.50. The molecule has 21 heavy (non-hydrogen) atoms. The van der Waals surface area contributed by atoms with Crippen molar-refractivity contribution < 1.29 is 9.90 Å². The lowest BCUT2D eigenvalue weighted by atomic mass is 10.2. The Labute approximate surface area is 122 Å². The van der Waals surface area contributed by atoms with Crippen LogP contribution in [0.3, 0.4) is 0 Å². The number of aryl methyl sites for hydroxylation is 1. The number of hydrogen-bond acceptors (Lipinski definition) is 5. The Balaban J connectivity index is 2.00. The first-order chi connectivity index (χ1) is 10.1. The van der Waals surface area contributed by atoms with Gasteiger partial charge in [-0.3, -0.25) is 4.98 Å². The lowest BCUT2D eigenvalue weighted by Gasteiger charge is -2.23. The molecular formula is C15H16N4O2. The summed E-state index contributed by atoms with van der Waals surface area (Å²) in [6.45, 7) is 2.59. The van der Waals surface area contributed by atoms with Crippen LogP contribution in [0, 0.1) is 6.92 Å². The number of nitrogens with zero attached hydrogens (tertiary/aromatic N) is 4. The molecule has 1 saturated heterocycles. The summed E-state index contributed by atoms with van der Waals surface area (Å²) in [6.07, 6.45) is 4.92. The third-order valence-electron chi connectivity index (χ3n) is 3.59. The molecule has 6 nitrogen and oxygen atoms in total. The van der Waals surface area contributed by atoms with E-state index in [9.17, 15) is 9.90 Å². The van der Waals surface area contributed by atoms with E-state index < -0.39 is 12.0 Å². The zero-order valence-corrected chi connectivity index (χ0v) is 11.7. The summed E-state index contributed by atoms with van der Waals surface area (Å²) in [5.74, 6) is 0.451. The minimum absolute atomic E-state index is 0.499. The van der Waals surface area contributed by atoms with Crippen molar-refractivity contribution in [2.24, 2.45) is 0 Å². The number of aromatic nitrogens is 3. The smallest absolute Gasteiger partial charge is 0.326 e. The number of aliphatic carboxylic acids is 1. The van der Waals surface area contributed by atoms with Crippen molar-refractivity contribution in [1.82, 2.24) is 15.0 Å². The van der Waals surface area contributed by atoms with Crippen LogP contribution in [0.5, 0.6) is 0 Å². The van der Waals surface area contributed by atoms with Gasteiger partial charge in [0.05, 0.1) is 0 Å². The number of rotatable bonds is 3. The summed E-state index contributed by atoms with van der Waals surface area (Å²) in [5, 5.41) is 9.31. The molecule has 1 atom stereocenters. The Morgan fingerprint density at radius 3 is 3.00 bits per heavy atom. The van der Waals surface area contributed by atoms with Gasteiger partial charge in [-0.2, -0.15) is 0 Å². The van der Waals surface area contributed by atoms with Gasteiger partial charge in [0.15, 0.2) is 5.82 Å². The fraction of sp³-hybridized carbons (Fsp3) is 0.333. The van der Waals surface area contributed by atoms with E-state index in [0.717, 1.165) is 17.7 Å². The first-order valence-electron chi connectivity index (χ1n) is 6.90. The summed E-state index contributed by atoms with van der Waals surface area (Å²) in [4.78, 5) is 26.2. The van der Waals surface area contributed by atoms with Crippen LogP contribution >= 0.6 is 0 Å². The second kappa shape index (κ2) is 5.47. The van der Waals surface area contributed by atoms with Gasteiger partial charge >= 0.3 is 5.97 Å². The molecule has 0 aromatic carbocycles. The molecule has 1 aliphatic rings. The summed E-state index contributed by atoms with van der Waals surface area (Å²) in [6, 6.07) is 5.06. The zero-order chi connectivity index (χ0) is 14.8. The van der Waals surface area contributed by atoms with Crippen molar-refractivity contribution in [2.75, 3.05) is 11.4 Å². The quantitative estimate of drug-likeness (QED) is 0.927. The summed E-state index contributed by atoms with van der Waals surface area (Å²) in [7, 11) is 0. The molecule has 0 saturated carbocycles. The molecule has 108 valence electrons. The minimum atomic E-state index is -0.799. The van der Waals surface area contributed by atoms with Crippen LogP contribution in [-0.4, -0.2) is 38.6 Å². The molecule has 2 aromatic heterocycles. The fourth-order valence-electron chi connectivity index (χ4n) is 2.62. The van der Waals surface area contributed by atoms with Gasteiger partial charge in [0, 0.05) is 36.3 Å². The van der Waals surface area contributed by atoms with Crippen LogP contribution in [-0.2, 0) is 4.79 Å². The minimum Gasteiger partial charge on any atom is -0.480 e. The molecule has 0 spiro atoms. The second-order valence-electron chi connectivity index (χ2n) is 5.12. The van der Waals surface area contributed by atoms with E-state index >= 15 is 0 Å². The standard InChI is InChI=1S/C15H16N4O2/c1-10-8-13(19-7-3-5-12(19)15(20)21)18-14(17-10)11-4-2-6-16-9-11/h2,4,6,8-9,12H,3,5,7H2,1H3,(H,20,21)/t12-/m1/s1. The van der Waals surface area contributed by atoms with Crippen molar-refractivity contribution in [3.05, 3.63) is 36.3 Å². The fourth-order valence-corrected chi connectivity index (χ4v) is 2.62. The number of carboxylic acid groups (broad SMARTS) is 1. The molecule has 3 heterocycles. The van der Waals surface area contributed by atoms with Gasteiger partial charge in [-0.15, -0.1) is 0 Å². The van der Waals surface area contributed by atoms with Crippen LogP contribution in [0.4, 0.5) is 5.82 Å². The van der Waals surface area contributed by atoms with E-state index in [-0.39, 0.29) is 0 Å². The van der Waals surface area contributed by atoms with Crippen LogP contribution in [0.25, 0.3) is 11.4 Å². The second-order valence-corrected chi connectivity index (χ2v) is 5.12. The molecule has 1 N–H and O–H groups in total. The van der Waals surface area contributed by atoms with Crippen molar-refractivity contribution >= 4 is 11.8 Å². The maximum atomic E-state index is 11.3. The van der Waals surface area contributed by atoms with Crippen LogP contribution in [0.1, 0.15) is 18.5 Å². The van der Waals surface area contributed by atoms with Gasteiger partial charge in [0.1, 0.15) is 11.9 Å². The van der Waals surface area contributed by atoms with Gasteiger partial charge in [-0.05, 0) is 31.9 Å². The average Bonchev–Trinajstić information content (AvgIpc) is 2.97. The topological polar surface area (TPSA) is 79.2 Å². The number of pyridine rings is 1. The lowest BCUT2D eigenvalue weighted by molar-refractivity contribution is -0.138. The number of anilines is 1. The maximum Gasteiger partial charge on any atom is 0.326 e. The Morgan fingerprint density at radius 2 is 2.29 bits per heavy atom. The summed E-state index contributed by atoms with van der Waals surface area (Å²) >= 11 is 0. The maximum absolute atomic E-state index is 11.3. The molecule has 2 aromatic rings. The highest BCUT2D eigenvalue weighted by molar-refractivity contribution is 5.78. The van der Waals surface area contributed by atoms with E-state index in [0.29, 0.717) is 24.6 Å². The molecule has 0 unspecified atom stereocenters. The van der Waals surface area contributed by atoms with Crippen molar-refractivity contribution in [3.63, 3.8) is 0 Å². The molecule has 3 rings (SSSR count). The zero-order valence-electron chi connectivity index (χ0n) is 11.7. The highest BCUT2D eigenvalue weighted by atomic mass is 16.4. The molecule has 1 aliphatic heterocycles. The largest absolute Gasteiger partial charge is 0.480 e. The van der Waals surface area contributed by atoms with Gasteiger partial charge < -0.3 is 10.0 Å². The Kier molecular flexibility index (Phi) is 3.51. The number of carboxylic acids is 1. The van der Waals surface area contributed by atoms with E-state index in [2.05, 4.69) is 15.0 Å². The third-order valence-corrected chi connectivity index (χ3v) is 3.59. The Bertz CT molecular complexity index is 660. The summed E-state index contributed by atoms with van der Waals surface area (Å²) in [5.41, 5.74) is 1.64. The Morgan fingerprint density at radius 1 is 1.43 bits per heavy atom. The van der Waals surface area contributed by atoms with Gasteiger partial charge in [-0.1, -0.05) is 0 Å². The van der Waals surface area contributed by atoms with Crippen molar-refractivity contribution in [3.8, 4) is 11.4 Å². The van der Waals surface area contributed by atoms with Crippen molar-refractivity contribution in [2.45, 2.75) is 25.8 Å². The molecule has 1 fully saturated rings. The molecule has 0 aliphatic carbocycles. The predicted octanol–water partition coefficient (Wildman–Crippen LogP) is 1.90. The molecule has 0 amide bonds. The third kappa shape index (κ3) is 2.69. The first kappa shape index (κ1) is 13.5. The predicted molar refractivity (Wildman–Crippen MR) is 78.0 cm³/mol.